The van der Waals surface area contributed by atoms with E-state index >= 15 is 0 Å². The van der Waals surface area contributed by atoms with Crippen molar-refractivity contribution in [2.75, 3.05) is 11.7 Å². The Morgan fingerprint density at radius 3 is 2.90 bits per heavy atom. The van der Waals surface area contributed by atoms with E-state index in [0.717, 1.165) is 27.6 Å². The van der Waals surface area contributed by atoms with Crippen molar-refractivity contribution >= 4 is 39.1 Å². The maximum absolute atomic E-state index is 5.93. The normalized spacial score (nSPS) is 18.6. The number of hydrogen-bond acceptors (Lipinski definition) is 7. The van der Waals surface area contributed by atoms with Crippen LogP contribution in [0.15, 0.2) is 5.16 Å². The summed E-state index contributed by atoms with van der Waals surface area (Å²) in [7, 11) is 0. The van der Waals surface area contributed by atoms with E-state index in [4.69, 9.17) is 10.6 Å². The molecule has 0 aliphatic carbocycles. The Kier molecular flexibility index (Phi) is 3.85. The number of thiophene rings is 1. The summed E-state index contributed by atoms with van der Waals surface area (Å²) in [4.78, 5) is 11.3. The van der Waals surface area contributed by atoms with E-state index in [9.17, 15) is 0 Å². The molecule has 1 atom stereocenters. The summed E-state index contributed by atoms with van der Waals surface area (Å²) in [5.74, 6) is 6.87. The number of nitrogens with zero attached hydrogens (tertiary/aromatic N) is 2. The average Bonchev–Trinajstić information content (AvgIpc) is 2.83. The molecule has 1 aliphatic rings. The second-order valence-electron chi connectivity index (χ2n) is 5.18. The lowest BCUT2D eigenvalue weighted by Gasteiger charge is -2.26. The van der Waals surface area contributed by atoms with E-state index in [1.807, 2.05) is 6.26 Å². The summed E-state index contributed by atoms with van der Waals surface area (Å²) in [5.41, 5.74) is 4.03. The lowest BCUT2D eigenvalue weighted by Crippen LogP contribution is -2.26. The van der Waals surface area contributed by atoms with Crippen LogP contribution in [0.3, 0.4) is 0 Å². The van der Waals surface area contributed by atoms with Crippen molar-refractivity contribution in [1.82, 2.24) is 9.97 Å². The van der Waals surface area contributed by atoms with Gasteiger partial charge in [0.1, 0.15) is 4.83 Å². The van der Waals surface area contributed by atoms with Crippen LogP contribution in [0.5, 0.6) is 0 Å². The molecular weight excluding hydrogens is 292 g/mol. The first-order chi connectivity index (χ1) is 9.63. The number of aromatic nitrogens is 2. The van der Waals surface area contributed by atoms with Gasteiger partial charge in [-0.2, -0.15) is 0 Å². The molecule has 20 heavy (non-hydrogen) atoms. The van der Waals surface area contributed by atoms with Crippen LogP contribution < -0.4 is 11.3 Å². The predicted octanol–water partition coefficient (Wildman–Crippen LogP) is 2.80. The molecule has 0 bridgehead atoms. The molecule has 0 saturated heterocycles. The molecular formula is C13H18N4OS2. The summed E-state index contributed by atoms with van der Waals surface area (Å²) in [6.07, 6.45) is 3.13. The quantitative estimate of drug-likeness (QED) is 0.393. The highest BCUT2D eigenvalue weighted by Gasteiger charge is 2.27. The lowest BCUT2D eigenvalue weighted by atomic mass is 9.96. The molecule has 0 radical (unpaired) electrons. The predicted molar refractivity (Wildman–Crippen MR) is 84.1 cm³/mol. The zero-order chi connectivity index (χ0) is 14.3. The summed E-state index contributed by atoms with van der Waals surface area (Å²) < 4.78 is 5.93. The second kappa shape index (κ2) is 5.48. The maximum atomic E-state index is 5.93. The van der Waals surface area contributed by atoms with E-state index in [-0.39, 0.29) is 6.10 Å². The Balaban J connectivity index is 2.15. The van der Waals surface area contributed by atoms with E-state index in [2.05, 4.69) is 29.2 Å². The van der Waals surface area contributed by atoms with Crippen molar-refractivity contribution in [2.45, 2.75) is 38.1 Å². The topological polar surface area (TPSA) is 73.1 Å². The molecule has 5 nitrogen and oxygen atoms in total. The highest BCUT2D eigenvalue weighted by molar-refractivity contribution is 7.98. The molecule has 2 aromatic heterocycles. The van der Waals surface area contributed by atoms with Gasteiger partial charge < -0.3 is 10.2 Å². The van der Waals surface area contributed by atoms with Crippen LogP contribution in [0.1, 0.15) is 24.3 Å². The first kappa shape index (κ1) is 14.1. The molecule has 0 saturated carbocycles. The highest BCUT2D eigenvalue weighted by Crippen LogP contribution is 2.39. The average molecular weight is 310 g/mol. The minimum Gasteiger partial charge on any atom is -0.372 e. The smallest absolute Gasteiger partial charge is 0.190 e. The molecule has 3 rings (SSSR count). The van der Waals surface area contributed by atoms with Crippen LogP contribution in [-0.2, 0) is 17.8 Å². The minimum absolute atomic E-state index is 0.256. The van der Waals surface area contributed by atoms with Gasteiger partial charge in [0.05, 0.1) is 18.1 Å². The van der Waals surface area contributed by atoms with Gasteiger partial charge in [-0.1, -0.05) is 25.6 Å². The molecule has 7 heteroatoms. The summed E-state index contributed by atoms with van der Waals surface area (Å²) in [6, 6.07) is 0. The second-order valence-corrected chi connectivity index (χ2v) is 7.04. The van der Waals surface area contributed by atoms with Crippen molar-refractivity contribution in [2.24, 2.45) is 11.8 Å². The standard InChI is InChI=1S/C13H18N4OS2/c1-6(2)8-4-7-9(5-18-8)20-12-10(7)11(17-14)15-13(16-12)19-3/h6,8H,4-5,14H2,1-3H3,(H,15,16,17). The van der Waals surface area contributed by atoms with Gasteiger partial charge in [-0.25, -0.2) is 15.8 Å². The number of nitrogen functional groups attached to an aromatic ring is 1. The molecule has 1 unspecified atom stereocenters. The van der Waals surface area contributed by atoms with Crippen molar-refractivity contribution in [3.8, 4) is 0 Å². The third-order valence-corrected chi connectivity index (χ3v) is 5.26. The van der Waals surface area contributed by atoms with Gasteiger partial charge in [-0.15, -0.1) is 11.3 Å². The number of hydrogen-bond donors (Lipinski definition) is 2. The summed E-state index contributed by atoms with van der Waals surface area (Å²) in [6.45, 7) is 5.04. The maximum Gasteiger partial charge on any atom is 0.190 e. The van der Waals surface area contributed by atoms with E-state index in [1.165, 1.54) is 22.2 Å². The van der Waals surface area contributed by atoms with Gasteiger partial charge >= 0.3 is 0 Å². The SMILES string of the molecule is CSc1nc(NN)c2c3c(sc2n1)COC(C(C)C)C3. The van der Waals surface area contributed by atoms with Gasteiger partial charge in [-0.05, 0) is 17.7 Å². The number of nitrogens with two attached hydrogens (primary N) is 1. The number of rotatable bonds is 3. The Hall–Kier alpha value is -0.890. The van der Waals surface area contributed by atoms with Gasteiger partial charge in [0, 0.05) is 11.3 Å². The van der Waals surface area contributed by atoms with Crippen LogP contribution in [-0.4, -0.2) is 22.3 Å². The van der Waals surface area contributed by atoms with E-state index < -0.39 is 0 Å². The third kappa shape index (κ3) is 2.28. The summed E-state index contributed by atoms with van der Waals surface area (Å²) >= 11 is 3.21. The van der Waals surface area contributed by atoms with Crippen molar-refractivity contribution in [3.05, 3.63) is 10.4 Å². The molecule has 3 heterocycles. The number of hydrazine groups is 1. The van der Waals surface area contributed by atoms with E-state index in [1.54, 1.807) is 11.3 Å². The Morgan fingerprint density at radius 2 is 2.25 bits per heavy atom. The molecule has 2 aromatic rings. The zero-order valence-corrected chi connectivity index (χ0v) is 13.4. The van der Waals surface area contributed by atoms with Crippen molar-refractivity contribution < 1.29 is 4.74 Å². The summed E-state index contributed by atoms with van der Waals surface area (Å²) in [5, 5.41) is 1.81. The molecule has 0 fully saturated rings. The number of fused-ring (bicyclic) bond motifs is 3. The van der Waals surface area contributed by atoms with Crippen LogP contribution in [0.25, 0.3) is 10.2 Å². The number of thioether (sulfide) groups is 1. The third-order valence-electron chi connectivity index (χ3n) is 3.61. The lowest BCUT2D eigenvalue weighted by molar-refractivity contribution is 0.00203. The first-order valence-electron chi connectivity index (χ1n) is 6.58. The monoisotopic (exact) mass is 310 g/mol. The Bertz CT molecular complexity index is 641. The molecule has 3 N–H and O–H groups in total. The Morgan fingerprint density at radius 1 is 1.45 bits per heavy atom. The zero-order valence-electron chi connectivity index (χ0n) is 11.8. The molecule has 1 aliphatic heterocycles. The molecule has 0 spiro atoms. The van der Waals surface area contributed by atoms with Crippen LogP contribution in [0, 0.1) is 5.92 Å². The Labute approximate surface area is 126 Å². The largest absolute Gasteiger partial charge is 0.372 e. The number of nitrogens with one attached hydrogen (secondary N) is 1. The van der Waals surface area contributed by atoms with E-state index in [0.29, 0.717) is 12.5 Å². The molecule has 0 aromatic carbocycles. The van der Waals surface area contributed by atoms with Crippen molar-refractivity contribution in [3.63, 3.8) is 0 Å². The van der Waals surface area contributed by atoms with Crippen molar-refractivity contribution in [1.29, 1.82) is 0 Å². The van der Waals surface area contributed by atoms with Crippen LogP contribution in [0.4, 0.5) is 5.82 Å². The fraction of sp³-hybridized carbons (Fsp3) is 0.538. The van der Waals surface area contributed by atoms with Gasteiger partial charge in [-0.3, -0.25) is 0 Å². The van der Waals surface area contributed by atoms with Gasteiger partial charge in [0.15, 0.2) is 11.0 Å². The fourth-order valence-electron chi connectivity index (χ4n) is 2.48. The first-order valence-corrected chi connectivity index (χ1v) is 8.62. The minimum atomic E-state index is 0.256. The number of anilines is 1. The van der Waals surface area contributed by atoms with Crippen LogP contribution >= 0.6 is 23.1 Å². The fourth-order valence-corrected chi connectivity index (χ4v) is 4.03. The number of ether oxygens (including phenoxy) is 1. The molecule has 108 valence electrons. The van der Waals surface area contributed by atoms with Crippen LogP contribution in [0.2, 0.25) is 0 Å². The van der Waals surface area contributed by atoms with Gasteiger partial charge in [0.2, 0.25) is 0 Å². The highest BCUT2D eigenvalue weighted by atomic mass is 32.2. The van der Waals surface area contributed by atoms with Gasteiger partial charge in [0.25, 0.3) is 0 Å². The molecule has 0 amide bonds.